The molecule has 0 aromatic heterocycles. The molecule has 0 saturated carbocycles. The number of rotatable bonds is 2. The Morgan fingerprint density at radius 1 is 0.765 bits per heavy atom. The zero-order chi connectivity index (χ0) is 12.1. The molecule has 2 rings (SSSR count). The summed E-state index contributed by atoms with van der Waals surface area (Å²) >= 11 is 0. The maximum Gasteiger partial charge on any atom is 0.0992 e. The molecule has 0 aliphatic carbocycles. The van der Waals surface area contributed by atoms with E-state index in [0.29, 0.717) is 11.1 Å². The van der Waals surface area contributed by atoms with Gasteiger partial charge >= 0.3 is 0 Å². The number of hydrogen-bond donors (Lipinski definition) is 1. The minimum absolute atomic E-state index is 0.614. The Labute approximate surface area is 99.6 Å². The highest BCUT2D eigenvalue weighted by Crippen LogP contribution is 2.17. The first-order valence-electron chi connectivity index (χ1n) is 5.09. The standard InChI is InChI=1S/C14H9N3/c15-9-11-4-6-13(7-5-11)17-14-3-1-2-12(8-14)10-16/h1-8,17H. The van der Waals surface area contributed by atoms with Gasteiger partial charge in [-0.2, -0.15) is 10.5 Å². The third-order valence-corrected chi connectivity index (χ3v) is 2.29. The lowest BCUT2D eigenvalue weighted by molar-refractivity contribution is 1.46. The van der Waals surface area contributed by atoms with Gasteiger partial charge in [0, 0.05) is 11.4 Å². The monoisotopic (exact) mass is 219 g/mol. The second-order valence-electron chi connectivity index (χ2n) is 3.51. The van der Waals surface area contributed by atoms with Gasteiger partial charge < -0.3 is 5.32 Å². The predicted octanol–water partition coefficient (Wildman–Crippen LogP) is 3.17. The highest BCUT2D eigenvalue weighted by atomic mass is 14.9. The van der Waals surface area contributed by atoms with Gasteiger partial charge in [0.05, 0.1) is 23.3 Å². The van der Waals surface area contributed by atoms with E-state index in [1.54, 1.807) is 24.3 Å². The van der Waals surface area contributed by atoms with E-state index in [-0.39, 0.29) is 0 Å². The second kappa shape index (κ2) is 4.83. The van der Waals surface area contributed by atoms with E-state index in [2.05, 4.69) is 17.5 Å². The van der Waals surface area contributed by atoms with Crippen LogP contribution in [-0.4, -0.2) is 0 Å². The Morgan fingerprint density at radius 3 is 2.12 bits per heavy atom. The maximum atomic E-state index is 8.78. The van der Waals surface area contributed by atoms with E-state index >= 15 is 0 Å². The fourth-order valence-corrected chi connectivity index (χ4v) is 1.46. The van der Waals surface area contributed by atoms with Crippen molar-refractivity contribution >= 4 is 11.4 Å². The van der Waals surface area contributed by atoms with Crippen molar-refractivity contribution in [2.45, 2.75) is 0 Å². The van der Waals surface area contributed by atoms with Crippen LogP contribution in [0.25, 0.3) is 0 Å². The van der Waals surface area contributed by atoms with Gasteiger partial charge in [-0.05, 0) is 42.5 Å². The average Bonchev–Trinajstić information content (AvgIpc) is 2.40. The highest BCUT2D eigenvalue weighted by molar-refractivity contribution is 5.61. The minimum atomic E-state index is 0.614. The Kier molecular flexibility index (Phi) is 3.05. The molecule has 0 aliphatic rings. The number of anilines is 2. The van der Waals surface area contributed by atoms with Crippen molar-refractivity contribution in [1.29, 1.82) is 10.5 Å². The van der Waals surface area contributed by atoms with Crippen LogP contribution in [0.4, 0.5) is 11.4 Å². The van der Waals surface area contributed by atoms with Crippen molar-refractivity contribution < 1.29 is 0 Å². The number of nitrogens with zero attached hydrogens (tertiary/aromatic N) is 2. The summed E-state index contributed by atoms with van der Waals surface area (Å²) in [6.45, 7) is 0. The lowest BCUT2D eigenvalue weighted by Gasteiger charge is -2.06. The van der Waals surface area contributed by atoms with Crippen molar-refractivity contribution in [2.24, 2.45) is 0 Å². The fourth-order valence-electron chi connectivity index (χ4n) is 1.46. The van der Waals surface area contributed by atoms with Gasteiger partial charge in [-0.3, -0.25) is 0 Å². The zero-order valence-electron chi connectivity index (χ0n) is 9.01. The number of benzene rings is 2. The van der Waals surface area contributed by atoms with E-state index in [4.69, 9.17) is 10.5 Å². The minimum Gasteiger partial charge on any atom is -0.355 e. The Hall–Kier alpha value is -2.78. The van der Waals surface area contributed by atoms with Gasteiger partial charge in [0.2, 0.25) is 0 Å². The van der Waals surface area contributed by atoms with Gasteiger partial charge in [0.25, 0.3) is 0 Å². The Balaban J connectivity index is 2.20. The van der Waals surface area contributed by atoms with Crippen LogP contribution >= 0.6 is 0 Å². The summed E-state index contributed by atoms with van der Waals surface area (Å²) in [5, 5.41) is 20.6. The summed E-state index contributed by atoms with van der Waals surface area (Å²) in [5.74, 6) is 0. The lowest BCUT2D eigenvalue weighted by Crippen LogP contribution is -1.90. The van der Waals surface area contributed by atoms with Crippen LogP contribution in [0.1, 0.15) is 11.1 Å². The number of nitriles is 2. The second-order valence-corrected chi connectivity index (χ2v) is 3.51. The fraction of sp³-hybridized carbons (Fsp3) is 0. The first kappa shape index (κ1) is 10.7. The Morgan fingerprint density at radius 2 is 1.47 bits per heavy atom. The molecule has 3 nitrogen and oxygen atoms in total. The molecule has 0 fully saturated rings. The molecule has 0 radical (unpaired) electrons. The molecule has 0 spiro atoms. The molecule has 0 bridgehead atoms. The van der Waals surface area contributed by atoms with Crippen molar-refractivity contribution in [3.63, 3.8) is 0 Å². The number of hydrogen-bond acceptors (Lipinski definition) is 3. The van der Waals surface area contributed by atoms with Crippen LogP contribution in [0.3, 0.4) is 0 Å². The number of nitrogens with one attached hydrogen (secondary N) is 1. The van der Waals surface area contributed by atoms with E-state index in [9.17, 15) is 0 Å². The van der Waals surface area contributed by atoms with E-state index < -0.39 is 0 Å². The summed E-state index contributed by atoms with van der Waals surface area (Å²) < 4.78 is 0. The van der Waals surface area contributed by atoms with Crippen molar-refractivity contribution in [3.8, 4) is 12.1 Å². The topological polar surface area (TPSA) is 59.6 Å². The third kappa shape index (κ3) is 2.62. The van der Waals surface area contributed by atoms with Gasteiger partial charge in [-0.1, -0.05) is 6.07 Å². The van der Waals surface area contributed by atoms with E-state index in [0.717, 1.165) is 11.4 Å². The highest BCUT2D eigenvalue weighted by Gasteiger charge is 1.96. The van der Waals surface area contributed by atoms with Crippen molar-refractivity contribution in [3.05, 3.63) is 59.7 Å². The van der Waals surface area contributed by atoms with Crippen molar-refractivity contribution in [1.82, 2.24) is 0 Å². The van der Waals surface area contributed by atoms with E-state index in [1.165, 1.54) is 0 Å². The van der Waals surface area contributed by atoms with Crippen LogP contribution in [0.2, 0.25) is 0 Å². The van der Waals surface area contributed by atoms with Crippen molar-refractivity contribution in [2.75, 3.05) is 5.32 Å². The summed E-state index contributed by atoms with van der Waals surface area (Å²) in [6, 6.07) is 18.6. The molecule has 2 aromatic rings. The van der Waals surface area contributed by atoms with Gasteiger partial charge in [-0.15, -0.1) is 0 Å². The predicted molar refractivity (Wildman–Crippen MR) is 65.6 cm³/mol. The van der Waals surface area contributed by atoms with Crippen LogP contribution in [0, 0.1) is 22.7 Å². The van der Waals surface area contributed by atoms with Crippen LogP contribution in [0.5, 0.6) is 0 Å². The molecule has 2 aromatic carbocycles. The first-order chi connectivity index (χ1) is 8.31. The largest absolute Gasteiger partial charge is 0.355 e. The SMILES string of the molecule is N#Cc1ccc(Nc2cccc(C#N)c2)cc1. The van der Waals surface area contributed by atoms with Crippen LogP contribution in [0.15, 0.2) is 48.5 Å². The summed E-state index contributed by atoms with van der Waals surface area (Å²) in [5.41, 5.74) is 2.98. The summed E-state index contributed by atoms with van der Waals surface area (Å²) in [6.07, 6.45) is 0. The van der Waals surface area contributed by atoms with Crippen LogP contribution < -0.4 is 5.32 Å². The average molecular weight is 219 g/mol. The molecule has 0 amide bonds. The Bertz CT molecular complexity index is 601. The smallest absolute Gasteiger partial charge is 0.0992 e. The molecule has 17 heavy (non-hydrogen) atoms. The van der Waals surface area contributed by atoms with Crippen LogP contribution in [-0.2, 0) is 0 Å². The third-order valence-electron chi connectivity index (χ3n) is 2.29. The molecule has 0 atom stereocenters. The first-order valence-corrected chi connectivity index (χ1v) is 5.09. The van der Waals surface area contributed by atoms with Gasteiger partial charge in [0.15, 0.2) is 0 Å². The summed E-state index contributed by atoms with van der Waals surface area (Å²) in [7, 11) is 0. The molecule has 3 heteroatoms. The molecule has 1 N–H and O–H groups in total. The van der Waals surface area contributed by atoms with Gasteiger partial charge in [0.1, 0.15) is 0 Å². The van der Waals surface area contributed by atoms with Gasteiger partial charge in [-0.25, -0.2) is 0 Å². The zero-order valence-corrected chi connectivity index (χ0v) is 9.01. The molecular weight excluding hydrogens is 210 g/mol. The summed E-state index contributed by atoms with van der Waals surface area (Å²) in [4.78, 5) is 0. The lowest BCUT2D eigenvalue weighted by atomic mass is 10.2. The molecule has 0 heterocycles. The molecule has 0 unspecified atom stereocenters. The molecule has 0 aliphatic heterocycles. The normalized spacial score (nSPS) is 9.06. The maximum absolute atomic E-state index is 8.78. The molecular formula is C14H9N3. The van der Waals surface area contributed by atoms with E-state index in [1.807, 2.05) is 24.3 Å². The quantitative estimate of drug-likeness (QED) is 0.843. The molecule has 80 valence electrons. The molecule has 0 saturated heterocycles.